The van der Waals surface area contributed by atoms with Crippen LogP contribution in [-0.4, -0.2) is 0 Å². The van der Waals surface area contributed by atoms with Crippen LogP contribution in [0.3, 0.4) is 0 Å². The van der Waals surface area contributed by atoms with Crippen molar-refractivity contribution in [1.29, 1.82) is 0 Å². The summed E-state index contributed by atoms with van der Waals surface area (Å²) in [5.41, 5.74) is 5.45. The average Bonchev–Trinajstić information content (AvgIpc) is 2.88. The molecule has 134 valence electrons. The molecule has 0 N–H and O–H groups in total. The van der Waals surface area contributed by atoms with Gasteiger partial charge in [-0.1, -0.05) is 70.1 Å². The Kier molecular flexibility index (Phi) is 5.14. The highest BCUT2D eigenvalue weighted by Crippen LogP contribution is 2.59. The Morgan fingerprint density at radius 2 is 1.75 bits per heavy atom. The molecule has 0 heteroatoms. The fourth-order valence-electron chi connectivity index (χ4n) is 6.35. The minimum absolute atomic E-state index is 0.568. The topological polar surface area (TPSA) is 0 Å². The highest BCUT2D eigenvalue weighted by atomic mass is 14.5. The maximum atomic E-state index is 4.30. The molecule has 0 aliphatic heterocycles. The molecule has 0 heterocycles. The molecular weight excluding hydrogens is 288 g/mol. The summed E-state index contributed by atoms with van der Waals surface area (Å²) in [6, 6.07) is 0. The highest BCUT2D eigenvalue weighted by Gasteiger charge is 2.49. The van der Waals surface area contributed by atoms with Gasteiger partial charge in [-0.25, -0.2) is 0 Å². The summed E-state index contributed by atoms with van der Waals surface area (Å²) in [4.78, 5) is 0. The lowest BCUT2D eigenvalue weighted by molar-refractivity contribution is 0.104. The van der Waals surface area contributed by atoms with Gasteiger partial charge in [-0.2, -0.15) is 0 Å². The molecule has 5 atom stereocenters. The van der Waals surface area contributed by atoms with Crippen LogP contribution in [0.15, 0.2) is 35.5 Å². The van der Waals surface area contributed by atoms with Crippen molar-refractivity contribution in [3.8, 4) is 0 Å². The molecule has 0 amide bonds. The number of fused-ring (bicyclic) bond motifs is 1. The molecule has 0 aromatic carbocycles. The third-order valence-electron chi connectivity index (χ3n) is 7.78. The molecule has 0 nitrogen and oxygen atoms in total. The number of rotatable bonds is 2. The zero-order valence-electron chi connectivity index (χ0n) is 16.7. The molecule has 0 bridgehead atoms. The van der Waals surface area contributed by atoms with E-state index in [2.05, 4.69) is 53.3 Å². The zero-order valence-corrected chi connectivity index (χ0v) is 16.7. The Bertz CT molecular complexity index is 530. The molecule has 0 radical (unpaired) electrons. The second-order valence-electron chi connectivity index (χ2n) is 9.69. The lowest BCUT2D eigenvalue weighted by atomic mass is 9.61. The second kappa shape index (κ2) is 6.85. The van der Waals surface area contributed by atoms with E-state index in [0.29, 0.717) is 17.3 Å². The first-order chi connectivity index (χ1) is 11.3. The average molecular weight is 327 g/mol. The smallest absolute Gasteiger partial charge is 0.0143 e. The highest BCUT2D eigenvalue weighted by molar-refractivity contribution is 5.28. The van der Waals surface area contributed by atoms with Crippen molar-refractivity contribution < 1.29 is 0 Å². The summed E-state index contributed by atoms with van der Waals surface area (Å²) in [7, 11) is 0. The SMILES string of the molecule is C=C1[C@H](C)CC(=C/C=C2\CCC[C@]3(C)[C@@H](C(C)C)CC[C@@H]23)C[C@H]1C. The van der Waals surface area contributed by atoms with Crippen LogP contribution in [0.25, 0.3) is 0 Å². The first-order valence-corrected chi connectivity index (χ1v) is 10.4. The molecule has 0 aromatic heterocycles. The van der Waals surface area contributed by atoms with Crippen LogP contribution < -0.4 is 0 Å². The fraction of sp³-hybridized carbons (Fsp3) is 0.750. The predicted molar refractivity (Wildman–Crippen MR) is 106 cm³/mol. The van der Waals surface area contributed by atoms with Gasteiger partial charge in [0.1, 0.15) is 0 Å². The van der Waals surface area contributed by atoms with E-state index in [1.807, 2.05) is 0 Å². The lowest BCUT2D eigenvalue weighted by Gasteiger charge is -2.43. The van der Waals surface area contributed by atoms with Gasteiger partial charge in [0, 0.05) is 0 Å². The van der Waals surface area contributed by atoms with Crippen molar-refractivity contribution in [3.05, 3.63) is 35.5 Å². The third kappa shape index (κ3) is 3.18. The summed E-state index contributed by atoms with van der Waals surface area (Å²) in [6.07, 6.45) is 14.6. The Morgan fingerprint density at radius 3 is 2.38 bits per heavy atom. The van der Waals surface area contributed by atoms with Crippen LogP contribution in [0.1, 0.15) is 79.6 Å². The maximum absolute atomic E-state index is 4.30. The lowest BCUT2D eigenvalue weighted by Crippen LogP contribution is -2.35. The molecule has 3 aliphatic rings. The van der Waals surface area contributed by atoms with Crippen molar-refractivity contribution in [2.75, 3.05) is 0 Å². The largest absolute Gasteiger partial charge is 0.0993 e. The summed E-state index contributed by atoms with van der Waals surface area (Å²) in [5.74, 6) is 3.93. The van der Waals surface area contributed by atoms with Gasteiger partial charge >= 0.3 is 0 Å². The molecule has 0 saturated heterocycles. The minimum atomic E-state index is 0.568. The van der Waals surface area contributed by atoms with Gasteiger partial charge in [0.2, 0.25) is 0 Å². The minimum Gasteiger partial charge on any atom is -0.0993 e. The van der Waals surface area contributed by atoms with Gasteiger partial charge in [-0.15, -0.1) is 0 Å². The second-order valence-corrected chi connectivity index (χ2v) is 9.69. The summed E-state index contributed by atoms with van der Waals surface area (Å²) in [5, 5.41) is 0. The van der Waals surface area contributed by atoms with E-state index in [0.717, 1.165) is 17.8 Å². The number of hydrogen-bond donors (Lipinski definition) is 0. The van der Waals surface area contributed by atoms with E-state index >= 15 is 0 Å². The van der Waals surface area contributed by atoms with Gasteiger partial charge in [-0.05, 0) is 80.0 Å². The Morgan fingerprint density at radius 1 is 1.08 bits per heavy atom. The van der Waals surface area contributed by atoms with Crippen LogP contribution in [-0.2, 0) is 0 Å². The molecule has 3 aliphatic carbocycles. The molecule has 3 rings (SSSR count). The van der Waals surface area contributed by atoms with Gasteiger partial charge in [0.25, 0.3) is 0 Å². The van der Waals surface area contributed by atoms with Crippen molar-refractivity contribution in [1.82, 2.24) is 0 Å². The van der Waals surface area contributed by atoms with Crippen LogP contribution in [0.5, 0.6) is 0 Å². The van der Waals surface area contributed by atoms with Crippen molar-refractivity contribution in [2.45, 2.75) is 79.6 Å². The molecule has 3 fully saturated rings. The van der Waals surface area contributed by atoms with Crippen molar-refractivity contribution in [3.63, 3.8) is 0 Å². The zero-order chi connectivity index (χ0) is 17.5. The van der Waals surface area contributed by atoms with E-state index in [9.17, 15) is 0 Å². The predicted octanol–water partition coefficient (Wildman–Crippen LogP) is 7.33. The van der Waals surface area contributed by atoms with Crippen molar-refractivity contribution >= 4 is 0 Å². The van der Waals surface area contributed by atoms with E-state index < -0.39 is 0 Å². The first kappa shape index (κ1) is 18.0. The Labute approximate surface area is 150 Å². The molecule has 0 spiro atoms. The van der Waals surface area contributed by atoms with Gasteiger partial charge in [-0.3, -0.25) is 0 Å². The fourth-order valence-corrected chi connectivity index (χ4v) is 6.35. The third-order valence-corrected chi connectivity index (χ3v) is 7.78. The van der Waals surface area contributed by atoms with Gasteiger partial charge < -0.3 is 0 Å². The van der Waals surface area contributed by atoms with Gasteiger partial charge in [0.05, 0.1) is 0 Å². The quantitative estimate of drug-likeness (QED) is 0.466. The van der Waals surface area contributed by atoms with E-state index in [4.69, 9.17) is 0 Å². The van der Waals surface area contributed by atoms with E-state index in [1.165, 1.54) is 50.5 Å². The first-order valence-electron chi connectivity index (χ1n) is 10.4. The molecule has 3 saturated carbocycles. The standard InChI is InChI=1S/C24H38/c1-16(2)22-11-12-23-21(8-7-13-24(22,23)6)10-9-20-14-17(3)19(5)18(4)15-20/h9-10,16-18,22-23H,5,7-8,11-15H2,1-4,6H3/b21-10+/t17-,18-,22-,23+,24-/m1/s1. The van der Waals surface area contributed by atoms with E-state index in [1.54, 1.807) is 11.1 Å². The van der Waals surface area contributed by atoms with Crippen molar-refractivity contribution in [2.24, 2.45) is 35.0 Å². The van der Waals surface area contributed by atoms with Crippen LogP contribution in [0.4, 0.5) is 0 Å². The number of hydrogen-bond acceptors (Lipinski definition) is 0. The molecule has 24 heavy (non-hydrogen) atoms. The summed E-state index contributed by atoms with van der Waals surface area (Å²) >= 11 is 0. The van der Waals surface area contributed by atoms with Crippen LogP contribution in [0, 0.1) is 35.0 Å². The van der Waals surface area contributed by atoms with Crippen LogP contribution in [0.2, 0.25) is 0 Å². The Balaban J connectivity index is 1.78. The number of allylic oxidation sites excluding steroid dienone is 5. The summed E-state index contributed by atoms with van der Waals surface area (Å²) in [6.45, 7) is 16.5. The molecular formula is C24H38. The maximum Gasteiger partial charge on any atom is -0.0143 e. The van der Waals surface area contributed by atoms with E-state index in [-0.39, 0.29) is 0 Å². The summed E-state index contributed by atoms with van der Waals surface area (Å²) < 4.78 is 0. The Hall–Kier alpha value is -0.780. The van der Waals surface area contributed by atoms with Crippen LogP contribution >= 0.6 is 0 Å². The van der Waals surface area contributed by atoms with Gasteiger partial charge in [0.15, 0.2) is 0 Å². The molecule has 0 unspecified atom stereocenters. The molecule has 0 aromatic rings. The normalized spacial score (nSPS) is 41.8. The monoisotopic (exact) mass is 326 g/mol.